The first kappa shape index (κ1) is 21.7. The third-order valence-corrected chi connectivity index (χ3v) is 6.08. The van der Waals surface area contributed by atoms with Crippen LogP contribution < -0.4 is 5.32 Å². The van der Waals surface area contributed by atoms with Crippen LogP contribution in [0.5, 0.6) is 0 Å². The minimum Gasteiger partial charge on any atom is -0.411 e. The summed E-state index contributed by atoms with van der Waals surface area (Å²) in [5.41, 5.74) is 3.35. The van der Waals surface area contributed by atoms with Gasteiger partial charge in [0.15, 0.2) is 5.78 Å². The first-order valence-corrected chi connectivity index (χ1v) is 11.7. The number of amides is 1. The molecule has 2 N–H and O–H groups in total. The van der Waals surface area contributed by atoms with E-state index in [0.717, 1.165) is 16.5 Å². The number of benzene rings is 3. The second-order valence-corrected chi connectivity index (χ2v) is 8.55. The molecule has 0 aliphatic rings. The van der Waals surface area contributed by atoms with Gasteiger partial charge >= 0.3 is 0 Å². The van der Waals surface area contributed by atoms with Gasteiger partial charge in [0.25, 0.3) is 11.1 Å². The van der Waals surface area contributed by atoms with Crippen LogP contribution in [0.2, 0.25) is 0 Å². The number of carbonyl (C=O) groups excluding carboxylic acids is 2. The van der Waals surface area contributed by atoms with E-state index in [1.807, 2.05) is 48.7 Å². The molecule has 0 saturated heterocycles. The monoisotopic (exact) mass is 468 g/mol. The number of nitrogens with zero attached hydrogens (tertiary/aromatic N) is 2. The predicted molar refractivity (Wildman–Crippen MR) is 132 cm³/mol. The molecular weight excluding hydrogens is 448 g/mol. The molecule has 0 bridgehead atoms. The van der Waals surface area contributed by atoms with Crippen molar-refractivity contribution < 1.29 is 14.0 Å². The topological polar surface area (TPSA) is 101 Å². The number of rotatable bonds is 8. The van der Waals surface area contributed by atoms with Crippen molar-refractivity contribution in [3.8, 4) is 11.5 Å². The summed E-state index contributed by atoms with van der Waals surface area (Å²) in [6.45, 7) is 0. The van der Waals surface area contributed by atoms with Crippen molar-refractivity contribution in [3.05, 3.63) is 96.2 Å². The van der Waals surface area contributed by atoms with Gasteiger partial charge in [-0.15, -0.1) is 10.2 Å². The van der Waals surface area contributed by atoms with Crippen molar-refractivity contribution in [2.75, 3.05) is 11.1 Å². The molecule has 5 aromatic rings. The smallest absolute Gasteiger partial charge is 0.276 e. The summed E-state index contributed by atoms with van der Waals surface area (Å²) >= 11 is 1.31. The fourth-order valence-corrected chi connectivity index (χ4v) is 4.30. The number of H-pyrrole nitrogens is 1. The van der Waals surface area contributed by atoms with Gasteiger partial charge in [-0.3, -0.25) is 9.59 Å². The minimum atomic E-state index is -0.197. The van der Waals surface area contributed by atoms with Gasteiger partial charge in [0.1, 0.15) is 0 Å². The van der Waals surface area contributed by atoms with Crippen LogP contribution in [-0.2, 0) is 4.79 Å². The SMILES string of the molecule is O=C(CCSc1nnc(-c2c[nH]c3ccccc23)o1)Nc1ccccc1C(=O)c1ccccc1. The second kappa shape index (κ2) is 9.76. The molecule has 34 heavy (non-hydrogen) atoms. The third kappa shape index (κ3) is 4.62. The van der Waals surface area contributed by atoms with Crippen LogP contribution in [0.15, 0.2) is 94.7 Å². The lowest BCUT2D eigenvalue weighted by molar-refractivity contribution is -0.115. The maximum absolute atomic E-state index is 12.8. The van der Waals surface area contributed by atoms with Crippen molar-refractivity contribution in [2.45, 2.75) is 11.6 Å². The first-order valence-electron chi connectivity index (χ1n) is 10.7. The summed E-state index contributed by atoms with van der Waals surface area (Å²) in [7, 11) is 0. The Morgan fingerprint density at radius 1 is 0.912 bits per heavy atom. The van der Waals surface area contributed by atoms with E-state index in [0.29, 0.717) is 33.7 Å². The number of aromatic nitrogens is 3. The highest BCUT2D eigenvalue weighted by atomic mass is 32.2. The molecule has 0 spiro atoms. The second-order valence-electron chi connectivity index (χ2n) is 7.51. The molecule has 0 radical (unpaired) electrons. The van der Waals surface area contributed by atoms with Crippen molar-refractivity contribution in [1.82, 2.24) is 15.2 Å². The van der Waals surface area contributed by atoms with Crippen LogP contribution in [0.3, 0.4) is 0 Å². The van der Waals surface area contributed by atoms with E-state index < -0.39 is 0 Å². The van der Waals surface area contributed by atoms with Gasteiger partial charge in [-0.25, -0.2) is 0 Å². The van der Waals surface area contributed by atoms with Gasteiger partial charge in [0, 0.05) is 40.4 Å². The van der Waals surface area contributed by atoms with E-state index in [1.165, 1.54) is 11.8 Å². The zero-order valence-corrected chi connectivity index (χ0v) is 18.8. The van der Waals surface area contributed by atoms with E-state index in [1.54, 1.807) is 36.4 Å². The van der Waals surface area contributed by atoms with Gasteiger partial charge in [-0.05, 0) is 18.2 Å². The minimum absolute atomic E-state index is 0.137. The molecule has 0 atom stereocenters. The lowest BCUT2D eigenvalue weighted by atomic mass is 10.0. The van der Waals surface area contributed by atoms with E-state index in [9.17, 15) is 9.59 Å². The number of ketones is 1. The molecular formula is C26H20N4O3S. The Balaban J connectivity index is 1.19. The molecule has 0 saturated carbocycles. The Kier molecular flexibility index (Phi) is 6.22. The van der Waals surface area contributed by atoms with Crippen LogP contribution >= 0.6 is 11.8 Å². The predicted octanol–water partition coefficient (Wildman–Crippen LogP) is 5.57. The fraction of sp³-hybridized carbons (Fsp3) is 0.0769. The number of nitrogens with one attached hydrogen (secondary N) is 2. The highest BCUT2D eigenvalue weighted by molar-refractivity contribution is 7.99. The van der Waals surface area contributed by atoms with E-state index in [4.69, 9.17) is 4.42 Å². The maximum atomic E-state index is 12.8. The molecule has 168 valence electrons. The number of carbonyl (C=O) groups is 2. The average molecular weight is 469 g/mol. The van der Waals surface area contributed by atoms with Crippen molar-refractivity contribution in [1.29, 1.82) is 0 Å². The number of hydrogen-bond donors (Lipinski definition) is 2. The lowest BCUT2D eigenvalue weighted by Crippen LogP contribution is -2.15. The Labute approximate surface area is 199 Å². The summed E-state index contributed by atoms with van der Waals surface area (Å²) in [6, 6.07) is 23.9. The standard InChI is InChI=1S/C26H20N4O3S/c31-23(28-22-13-7-5-11-19(22)24(32)17-8-2-1-3-9-17)14-15-34-26-30-29-25(33-26)20-16-27-21-12-6-4-10-18(20)21/h1-13,16,27H,14-15H2,(H,28,31). The van der Waals surface area contributed by atoms with Crippen LogP contribution in [-0.4, -0.2) is 32.6 Å². The molecule has 5 rings (SSSR count). The van der Waals surface area contributed by atoms with E-state index >= 15 is 0 Å². The number of anilines is 1. The van der Waals surface area contributed by atoms with E-state index in [2.05, 4.69) is 20.5 Å². The number of hydrogen-bond acceptors (Lipinski definition) is 6. The lowest BCUT2D eigenvalue weighted by Gasteiger charge is -2.10. The Bertz CT molecular complexity index is 1460. The first-order chi connectivity index (χ1) is 16.7. The van der Waals surface area contributed by atoms with E-state index in [-0.39, 0.29) is 18.1 Å². The number of thioether (sulfide) groups is 1. The Hall–Kier alpha value is -4.17. The molecule has 0 aliphatic heterocycles. The van der Waals surface area contributed by atoms with Crippen LogP contribution in [0.25, 0.3) is 22.4 Å². The van der Waals surface area contributed by atoms with Gasteiger partial charge in [0.05, 0.1) is 11.3 Å². The normalized spacial score (nSPS) is 10.9. The quantitative estimate of drug-likeness (QED) is 0.228. The third-order valence-electron chi connectivity index (χ3n) is 5.26. The van der Waals surface area contributed by atoms with Crippen molar-refractivity contribution in [3.63, 3.8) is 0 Å². The molecule has 0 aliphatic carbocycles. The summed E-state index contributed by atoms with van der Waals surface area (Å²) in [4.78, 5) is 28.6. The molecule has 0 unspecified atom stereocenters. The molecule has 8 heteroatoms. The molecule has 2 heterocycles. The molecule has 1 amide bonds. The summed E-state index contributed by atoms with van der Waals surface area (Å²) < 4.78 is 5.78. The highest BCUT2D eigenvalue weighted by Gasteiger charge is 2.16. The fourth-order valence-electron chi connectivity index (χ4n) is 3.60. The molecule has 3 aromatic carbocycles. The zero-order valence-electron chi connectivity index (χ0n) is 18.0. The molecule has 0 fully saturated rings. The summed E-state index contributed by atoms with van der Waals surface area (Å²) in [5, 5.41) is 12.5. The number of para-hydroxylation sites is 2. The zero-order chi connectivity index (χ0) is 23.3. The Morgan fingerprint density at radius 2 is 1.68 bits per heavy atom. The van der Waals surface area contributed by atoms with Crippen molar-refractivity contribution in [2.24, 2.45) is 0 Å². The highest BCUT2D eigenvalue weighted by Crippen LogP contribution is 2.29. The van der Waals surface area contributed by atoms with Gasteiger partial charge < -0.3 is 14.7 Å². The van der Waals surface area contributed by atoms with Gasteiger partial charge in [-0.2, -0.15) is 0 Å². The van der Waals surface area contributed by atoms with Crippen LogP contribution in [0.4, 0.5) is 5.69 Å². The van der Waals surface area contributed by atoms with Crippen LogP contribution in [0.1, 0.15) is 22.3 Å². The van der Waals surface area contributed by atoms with Gasteiger partial charge in [0.2, 0.25) is 5.91 Å². The number of aromatic amines is 1. The maximum Gasteiger partial charge on any atom is 0.276 e. The van der Waals surface area contributed by atoms with Crippen molar-refractivity contribution >= 4 is 40.0 Å². The summed E-state index contributed by atoms with van der Waals surface area (Å²) in [5.74, 6) is 0.548. The molecule has 2 aromatic heterocycles. The number of fused-ring (bicyclic) bond motifs is 1. The van der Waals surface area contributed by atoms with Crippen LogP contribution in [0, 0.1) is 0 Å². The largest absolute Gasteiger partial charge is 0.411 e. The average Bonchev–Trinajstić information content (AvgIpc) is 3.51. The summed E-state index contributed by atoms with van der Waals surface area (Å²) in [6.07, 6.45) is 2.07. The Morgan fingerprint density at radius 3 is 2.56 bits per heavy atom. The van der Waals surface area contributed by atoms with Gasteiger partial charge in [-0.1, -0.05) is 72.4 Å². The molecule has 7 nitrogen and oxygen atoms in total.